The number of hydrogen-bond acceptors (Lipinski definition) is 6. The van der Waals surface area contributed by atoms with Gasteiger partial charge in [-0.25, -0.2) is 4.98 Å². The van der Waals surface area contributed by atoms with Gasteiger partial charge in [0.15, 0.2) is 0 Å². The number of nitrogens with one attached hydrogen (secondary N) is 1. The molecular formula is C21H29N5O2. The summed E-state index contributed by atoms with van der Waals surface area (Å²) in [7, 11) is 0. The van der Waals surface area contributed by atoms with Gasteiger partial charge in [0.1, 0.15) is 11.9 Å². The molecule has 28 heavy (non-hydrogen) atoms. The van der Waals surface area contributed by atoms with Gasteiger partial charge >= 0.3 is 0 Å². The topological polar surface area (TPSA) is 94.7 Å². The number of aromatic nitrogens is 1. The Morgan fingerprint density at radius 3 is 2.54 bits per heavy atom. The first-order valence-corrected chi connectivity index (χ1v) is 9.68. The van der Waals surface area contributed by atoms with Gasteiger partial charge in [0, 0.05) is 50.2 Å². The summed E-state index contributed by atoms with van der Waals surface area (Å²) in [5.41, 5.74) is 9.20. The second-order valence-electron chi connectivity index (χ2n) is 7.23. The Bertz CT molecular complexity index is 803. The maximum Gasteiger partial charge on any atom is 0.239 e. The summed E-state index contributed by atoms with van der Waals surface area (Å²) in [4.78, 5) is 21.2. The van der Waals surface area contributed by atoms with Crippen LogP contribution in [0.1, 0.15) is 18.1 Å². The maximum absolute atomic E-state index is 12.0. The number of amides is 1. The number of anilines is 2. The van der Waals surface area contributed by atoms with Crippen LogP contribution in [-0.2, 0) is 11.3 Å². The van der Waals surface area contributed by atoms with E-state index in [1.165, 1.54) is 18.2 Å². The van der Waals surface area contributed by atoms with Crippen molar-refractivity contribution < 1.29 is 9.90 Å². The molecule has 1 aromatic heterocycles. The molecule has 7 nitrogen and oxygen atoms in total. The lowest BCUT2D eigenvalue weighted by molar-refractivity contribution is -0.124. The Labute approximate surface area is 166 Å². The minimum atomic E-state index is -0.933. The standard InChI is InChI=1S/C21H29N5O2/c1-15-6-3-4-8-18(15)25-10-12-26(13-11-25)20-17(7-5-9-23-20)14-24-21(28)19(22)16(2)27/h3-9,16,19,27H,10-14,22H2,1-2H3,(H,24,28)/t16-,19+/m1/s1. The zero-order valence-corrected chi connectivity index (χ0v) is 16.5. The minimum absolute atomic E-state index is 0.334. The number of aliphatic hydroxyl groups excluding tert-OH is 1. The first-order chi connectivity index (χ1) is 13.5. The van der Waals surface area contributed by atoms with Crippen molar-refractivity contribution in [3.63, 3.8) is 0 Å². The van der Waals surface area contributed by atoms with Gasteiger partial charge in [0.25, 0.3) is 0 Å². The maximum atomic E-state index is 12.0. The highest BCUT2D eigenvalue weighted by atomic mass is 16.3. The van der Waals surface area contributed by atoms with E-state index in [-0.39, 0.29) is 5.91 Å². The quantitative estimate of drug-likeness (QED) is 0.690. The Balaban J connectivity index is 1.64. The summed E-state index contributed by atoms with van der Waals surface area (Å²) in [6, 6.07) is 11.3. The molecule has 1 aromatic carbocycles. The number of rotatable bonds is 6. The van der Waals surface area contributed by atoms with Crippen LogP contribution < -0.4 is 20.9 Å². The third kappa shape index (κ3) is 4.61. The Morgan fingerprint density at radius 2 is 1.86 bits per heavy atom. The number of nitrogens with zero attached hydrogens (tertiary/aromatic N) is 3. The predicted molar refractivity (Wildman–Crippen MR) is 111 cm³/mol. The normalized spacial score (nSPS) is 16.6. The zero-order valence-electron chi connectivity index (χ0n) is 16.5. The second kappa shape index (κ2) is 9.03. The van der Waals surface area contributed by atoms with Gasteiger partial charge in [-0.15, -0.1) is 0 Å². The average Bonchev–Trinajstić information content (AvgIpc) is 2.72. The summed E-state index contributed by atoms with van der Waals surface area (Å²) in [5, 5.41) is 12.3. The lowest BCUT2D eigenvalue weighted by Gasteiger charge is -2.38. The van der Waals surface area contributed by atoms with Crippen LogP contribution in [0.25, 0.3) is 0 Å². The van der Waals surface area contributed by atoms with E-state index in [1.54, 1.807) is 6.20 Å². The van der Waals surface area contributed by atoms with Gasteiger partial charge in [-0.1, -0.05) is 24.3 Å². The molecule has 0 bridgehead atoms. The van der Waals surface area contributed by atoms with E-state index >= 15 is 0 Å². The third-order valence-electron chi connectivity index (χ3n) is 5.18. The van der Waals surface area contributed by atoms with Gasteiger partial charge in [-0.2, -0.15) is 0 Å². The summed E-state index contributed by atoms with van der Waals surface area (Å²) in [6.07, 6.45) is 0.888. The molecule has 2 heterocycles. The summed E-state index contributed by atoms with van der Waals surface area (Å²) in [5.74, 6) is 0.520. The molecule has 1 aliphatic rings. The number of hydrogen-bond donors (Lipinski definition) is 3. The van der Waals surface area contributed by atoms with Gasteiger partial charge < -0.3 is 26.0 Å². The van der Waals surface area contributed by atoms with E-state index in [2.05, 4.69) is 51.3 Å². The van der Waals surface area contributed by atoms with Crippen LogP contribution in [0.15, 0.2) is 42.6 Å². The Morgan fingerprint density at radius 1 is 1.18 bits per heavy atom. The fourth-order valence-corrected chi connectivity index (χ4v) is 3.45. The van der Waals surface area contributed by atoms with E-state index in [1.807, 2.05) is 12.1 Å². The van der Waals surface area contributed by atoms with Crippen molar-refractivity contribution >= 4 is 17.4 Å². The molecule has 7 heteroatoms. The van der Waals surface area contributed by atoms with E-state index in [9.17, 15) is 9.90 Å². The van der Waals surface area contributed by atoms with Crippen molar-refractivity contribution in [1.82, 2.24) is 10.3 Å². The van der Waals surface area contributed by atoms with Gasteiger partial charge in [-0.3, -0.25) is 4.79 Å². The molecule has 1 saturated heterocycles. The van der Waals surface area contributed by atoms with E-state index in [0.717, 1.165) is 37.6 Å². The zero-order chi connectivity index (χ0) is 20.1. The van der Waals surface area contributed by atoms with Crippen LogP contribution in [0.3, 0.4) is 0 Å². The first kappa shape index (κ1) is 20.1. The minimum Gasteiger partial charge on any atom is -0.391 e. The van der Waals surface area contributed by atoms with Crippen molar-refractivity contribution in [2.75, 3.05) is 36.0 Å². The van der Waals surface area contributed by atoms with Crippen molar-refractivity contribution in [2.45, 2.75) is 32.5 Å². The lowest BCUT2D eigenvalue weighted by atomic mass is 10.1. The van der Waals surface area contributed by atoms with Gasteiger partial charge in [0.05, 0.1) is 6.10 Å². The average molecular weight is 383 g/mol. The largest absolute Gasteiger partial charge is 0.391 e. The van der Waals surface area contributed by atoms with Gasteiger partial charge in [0.2, 0.25) is 5.91 Å². The molecule has 1 aliphatic heterocycles. The Kier molecular flexibility index (Phi) is 6.49. The van der Waals surface area contributed by atoms with E-state index in [4.69, 9.17) is 5.73 Å². The highest BCUT2D eigenvalue weighted by Crippen LogP contribution is 2.24. The molecule has 0 aliphatic carbocycles. The number of benzene rings is 1. The Hall–Kier alpha value is -2.64. The highest BCUT2D eigenvalue weighted by Gasteiger charge is 2.22. The predicted octanol–water partition coefficient (Wildman–Crippen LogP) is 1.04. The smallest absolute Gasteiger partial charge is 0.239 e. The van der Waals surface area contributed by atoms with E-state index < -0.39 is 12.1 Å². The molecule has 0 spiro atoms. The fourth-order valence-electron chi connectivity index (χ4n) is 3.45. The number of piperazine rings is 1. The number of nitrogens with two attached hydrogens (primary N) is 1. The van der Waals surface area contributed by atoms with Crippen molar-refractivity contribution in [2.24, 2.45) is 5.73 Å². The molecule has 1 fully saturated rings. The van der Waals surface area contributed by atoms with Gasteiger partial charge in [-0.05, 0) is 31.5 Å². The van der Waals surface area contributed by atoms with Crippen molar-refractivity contribution in [1.29, 1.82) is 0 Å². The van der Waals surface area contributed by atoms with Crippen LogP contribution in [0.2, 0.25) is 0 Å². The van der Waals surface area contributed by atoms with E-state index in [0.29, 0.717) is 6.54 Å². The molecule has 3 rings (SSSR count). The molecule has 2 atom stereocenters. The molecule has 1 amide bonds. The number of para-hydroxylation sites is 1. The molecule has 150 valence electrons. The molecule has 2 aromatic rings. The monoisotopic (exact) mass is 383 g/mol. The van der Waals surface area contributed by atoms with Crippen LogP contribution >= 0.6 is 0 Å². The second-order valence-corrected chi connectivity index (χ2v) is 7.23. The summed E-state index contributed by atoms with van der Waals surface area (Å²) >= 11 is 0. The summed E-state index contributed by atoms with van der Waals surface area (Å²) < 4.78 is 0. The first-order valence-electron chi connectivity index (χ1n) is 9.68. The highest BCUT2D eigenvalue weighted by molar-refractivity contribution is 5.82. The van der Waals surface area contributed by atoms with Crippen molar-refractivity contribution in [3.8, 4) is 0 Å². The van der Waals surface area contributed by atoms with Crippen LogP contribution in [0, 0.1) is 6.92 Å². The molecule has 0 saturated carbocycles. The summed E-state index contributed by atoms with van der Waals surface area (Å²) in [6.45, 7) is 7.53. The van der Waals surface area contributed by atoms with Crippen LogP contribution in [0.5, 0.6) is 0 Å². The van der Waals surface area contributed by atoms with Crippen molar-refractivity contribution in [3.05, 3.63) is 53.7 Å². The number of aliphatic hydroxyl groups is 1. The SMILES string of the molecule is Cc1ccccc1N1CCN(c2ncccc2CNC(=O)[C@@H](N)[C@@H](C)O)CC1. The molecule has 0 unspecified atom stereocenters. The molecule has 0 radical (unpaired) electrons. The van der Waals surface area contributed by atoms with Crippen LogP contribution in [0.4, 0.5) is 11.5 Å². The molecule has 4 N–H and O–H groups in total. The number of pyridine rings is 1. The fraction of sp³-hybridized carbons (Fsp3) is 0.429. The lowest BCUT2D eigenvalue weighted by Crippen LogP contribution is -2.48. The number of carbonyl (C=O) groups excluding carboxylic acids is 1. The molecular weight excluding hydrogens is 354 g/mol. The number of aryl methyl sites for hydroxylation is 1. The number of carbonyl (C=O) groups is 1. The third-order valence-corrected chi connectivity index (χ3v) is 5.18. The van der Waals surface area contributed by atoms with Crippen LogP contribution in [-0.4, -0.2) is 54.3 Å².